The second-order valence-electron chi connectivity index (χ2n) is 6.50. The molecule has 1 saturated heterocycles. The lowest BCUT2D eigenvalue weighted by atomic mass is 10.2. The Balaban J connectivity index is 1.29. The first-order chi connectivity index (χ1) is 14.1. The molecule has 150 valence electrons. The molecule has 0 saturated carbocycles. The third-order valence-corrected chi connectivity index (χ3v) is 5.00. The standard InChI is InChI=1S/C20H18ClFN4O3/c21-17-4-2-1-3-16(17)19-23-20(29-24-19)28-13-18(27)26-11-9-25(10-12-26)15-7-5-14(22)6-8-15/h1-8H,9-13H2. The van der Waals surface area contributed by atoms with E-state index < -0.39 is 0 Å². The molecule has 0 N–H and O–H groups in total. The highest BCUT2D eigenvalue weighted by Crippen LogP contribution is 2.26. The highest BCUT2D eigenvalue weighted by Gasteiger charge is 2.22. The van der Waals surface area contributed by atoms with Gasteiger partial charge in [0.05, 0.1) is 5.02 Å². The molecule has 0 atom stereocenters. The van der Waals surface area contributed by atoms with Crippen LogP contribution < -0.4 is 9.64 Å². The molecule has 3 aromatic rings. The average molecular weight is 417 g/mol. The van der Waals surface area contributed by atoms with Gasteiger partial charge in [-0.25, -0.2) is 4.39 Å². The number of benzene rings is 2. The van der Waals surface area contributed by atoms with E-state index in [-0.39, 0.29) is 24.4 Å². The molecule has 2 aromatic carbocycles. The van der Waals surface area contributed by atoms with Crippen molar-refractivity contribution in [2.45, 2.75) is 0 Å². The van der Waals surface area contributed by atoms with Crippen LogP contribution in [0.3, 0.4) is 0 Å². The van der Waals surface area contributed by atoms with Crippen molar-refractivity contribution in [2.24, 2.45) is 0 Å². The molecule has 1 aliphatic rings. The smallest absolute Gasteiger partial charge is 0.418 e. The summed E-state index contributed by atoms with van der Waals surface area (Å²) < 4.78 is 23.5. The molecule has 29 heavy (non-hydrogen) atoms. The van der Waals surface area contributed by atoms with Crippen LogP contribution in [-0.2, 0) is 4.79 Å². The minimum atomic E-state index is -0.265. The van der Waals surface area contributed by atoms with E-state index in [1.165, 1.54) is 12.1 Å². The first kappa shape index (κ1) is 19.2. The van der Waals surface area contributed by atoms with Crippen LogP contribution in [0.2, 0.25) is 5.02 Å². The van der Waals surface area contributed by atoms with Gasteiger partial charge >= 0.3 is 6.08 Å². The minimum Gasteiger partial charge on any atom is -0.439 e. The Hall–Kier alpha value is -3.13. The van der Waals surface area contributed by atoms with E-state index in [9.17, 15) is 9.18 Å². The summed E-state index contributed by atoms with van der Waals surface area (Å²) in [5.41, 5.74) is 1.56. The highest BCUT2D eigenvalue weighted by atomic mass is 35.5. The van der Waals surface area contributed by atoms with Crippen LogP contribution in [0.5, 0.6) is 6.08 Å². The van der Waals surface area contributed by atoms with Gasteiger partial charge in [0, 0.05) is 37.4 Å². The summed E-state index contributed by atoms with van der Waals surface area (Å²) in [4.78, 5) is 20.4. The van der Waals surface area contributed by atoms with E-state index in [2.05, 4.69) is 15.0 Å². The number of aromatic nitrogens is 2. The Morgan fingerprint density at radius 3 is 2.55 bits per heavy atom. The van der Waals surface area contributed by atoms with Crippen LogP contribution in [0.15, 0.2) is 53.1 Å². The number of nitrogens with zero attached hydrogens (tertiary/aromatic N) is 4. The van der Waals surface area contributed by atoms with Gasteiger partial charge in [0.25, 0.3) is 5.91 Å². The fraction of sp³-hybridized carbons (Fsp3) is 0.250. The van der Waals surface area contributed by atoms with Crippen molar-refractivity contribution in [3.63, 3.8) is 0 Å². The lowest BCUT2D eigenvalue weighted by Gasteiger charge is -2.36. The van der Waals surface area contributed by atoms with Crippen molar-refractivity contribution in [1.29, 1.82) is 0 Å². The number of piperazine rings is 1. The van der Waals surface area contributed by atoms with Gasteiger partial charge in [0.1, 0.15) is 5.82 Å². The normalized spacial score (nSPS) is 14.1. The van der Waals surface area contributed by atoms with Crippen molar-refractivity contribution >= 4 is 23.2 Å². The molecule has 0 radical (unpaired) electrons. The number of amides is 1. The first-order valence-electron chi connectivity index (χ1n) is 9.10. The maximum Gasteiger partial charge on any atom is 0.418 e. The molecule has 1 fully saturated rings. The van der Waals surface area contributed by atoms with Crippen molar-refractivity contribution in [3.05, 3.63) is 59.4 Å². The number of halogens is 2. The van der Waals surface area contributed by atoms with Crippen molar-refractivity contribution < 1.29 is 18.4 Å². The molecule has 0 unspecified atom stereocenters. The number of rotatable bonds is 5. The largest absolute Gasteiger partial charge is 0.439 e. The second kappa shape index (κ2) is 8.48. The average Bonchev–Trinajstić information content (AvgIpc) is 3.22. The van der Waals surface area contributed by atoms with Gasteiger partial charge in [-0.3, -0.25) is 9.32 Å². The highest BCUT2D eigenvalue weighted by molar-refractivity contribution is 6.33. The van der Waals surface area contributed by atoms with Gasteiger partial charge in [0.2, 0.25) is 5.82 Å². The number of carbonyl (C=O) groups excluding carboxylic acids is 1. The van der Waals surface area contributed by atoms with Gasteiger partial charge in [0.15, 0.2) is 6.61 Å². The quantitative estimate of drug-likeness (QED) is 0.635. The summed E-state index contributed by atoms with van der Waals surface area (Å²) in [6, 6.07) is 13.4. The maximum absolute atomic E-state index is 13.1. The first-order valence-corrected chi connectivity index (χ1v) is 9.47. The predicted molar refractivity (Wildman–Crippen MR) is 105 cm³/mol. The molecular formula is C20H18ClFN4O3. The van der Waals surface area contributed by atoms with Crippen molar-refractivity contribution in [2.75, 3.05) is 37.7 Å². The molecular weight excluding hydrogens is 399 g/mol. The van der Waals surface area contributed by atoms with E-state index in [1.807, 2.05) is 6.07 Å². The Morgan fingerprint density at radius 2 is 1.83 bits per heavy atom. The lowest BCUT2D eigenvalue weighted by molar-refractivity contribution is -0.134. The van der Waals surface area contributed by atoms with E-state index in [0.717, 1.165) is 5.69 Å². The third kappa shape index (κ3) is 4.48. The third-order valence-electron chi connectivity index (χ3n) is 4.67. The van der Waals surface area contributed by atoms with Gasteiger partial charge in [-0.05, 0) is 36.4 Å². The van der Waals surface area contributed by atoms with Crippen LogP contribution >= 0.6 is 11.6 Å². The van der Waals surface area contributed by atoms with E-state index in [1.54, 1.807) is 35.2 Å². The number of hydrogen-bond donors (Lipinski definition) is 0. The topological polar surface area (TPSA) is 71.7 Å². The lowest BCUT2D eigenvalue weighted by Crippen LogP contribution is -2.50. The van der Waals surface area contributed by atoms with Crippen molar-refractivity contribution in [1.82, 2.24) is 15.0 Å². The molecule has 0 aliphatic carbocycles. The number of ether oxygens (including phenoxy) is 1. The SMILES string of the molecule is O=C(COc1nc(-c2ccccc2Cl)no1)N1CCN(c2ccc(F)cc2)CC1. The number of hydrogen-bond acceptors (Lipinski definition) is 6. The maximum atomic E-state index is 13.1. The van der Waals surface area contributed by atoms with Gasteiger partial charge in [-0.1, -0.05) is 28.9 Å². The van der Waals surface area contributed by atoms with E-state index >= 15 is 0 Å². The molecule has 1 amide bonds. The molecule has 7 nitrogen and oxygen atoms in total. The molecule has 9 heteroatoms. The monoisotopic (exact) mass is 416 g/mol. The number of anilines is 1. The van der Waals surface area contributed by atoms with Crippen LogP contribution in [0.4, 0.5) is 10.1 Å². The van der Waals surface area contributed by atoms with Crippen molar-refractivity contribution in [3.8, 4) is 17.5 Å². The predicted octanol–water partition coefficient (Wildman–Crippen LogP) is 3.26. The molecule has 2 heterocycles. The number of carbonyl (C=O) groups is 1. The Bertz CT molecular complexity index is 987. The van der Waals surface area contributed by atoms with Crippen LogP contribution in [0, 0.1) is 5.82 Å². The fourth-order valence-electron chi connectivity index (χ4n) is 3.10. The van der Waals surface area contributed by atoms with Gasteiger partial charge in [-0.2, -0.15) is 4.98 Å². The van der Waals surface area contributed by atoms with Crippen LogP contribution in [0.1, 0.15) is 0 Å². The van der Waals surface area contributed by atoms with E-state index in [4.69, 9.17) is 20.9 Å². The van der Waals surface area contributed by atoms with Crippen LogP contribution in [-0.4, -0.2) is 53.7 Å². The fourth-order valence-corrected chi connectivity index (χ4v) is 3.32. The van der Waals surface area contributed by atoms with Gasteiger partial charge in [-0.15, -0.1) is 0 Å². The van der Waals surface area contributed by atoms with E-state index in [0.29, 0.717) is 42.6 Å². The summed E-state index contributed by atoms with van der Waals surface area (Å²) in [6.45, 7) is 2.23. The molecule has 1 aliphatic heterocycles. The summed E-state index contributed by atoms with van der Waals surface area (Å²) in [5.74, 6) is -0.134. The summed E-state index contributed by atoms with van der Waals surface area (Å²) in [5, 5.41) is 4.33. The molecule has 4 rings (SSSR count). The molecule has 0 spiro atoms. The van der Waals surface area contributed by atoms with Crippen LogP contribution in [0.25, 0.3) is 11.4 Å². The van der Waals surface area contributed by atoms with Gasteiger partial charge < -0.3 is 14.5 Å². The summed E-state index contributed by atoms with van der Waals surface area (Å²) in [7, 11) is 0. The Kier molecular flexibility index (Phi) is 5.62. The zero-order valence-corrected chi connectivity index (χ0v) is 16.2. The second-order valence-corrected chi connectivity index (χ2v) is 6.90. The molecule has 0 bridgehead atoms. The Labute approximate surface area is 171 Å². The zero-order chi connectivity index (χ0) is 20.2. The zero-order valence-electron chi connectivity index (χ0n) is 15.4. The summed E-state index contributed by atoms with van der Waals surface area (Å²) in [6.07, 6.45) is -0.0850. The minimum absolute atomic E-state index is 0.0850. The molecule has 1 aromatic heterocycles. The summed E-state index contributed by atoms with van der Waals surface area (Å²) >= 11 is 6.12. The Morgan fingerprint density at radius 1 is 1.10 bits per heavy atom.